The second-order valence-corrected chi connectivity index (χ2v) is 5.32. The van der Waals surface area contributed by atoms with Gasteiger partial charge in [-0.1, -0.05) is 12.2 Å². The average molecular weight is 293 g/mol. The van der Waals surface area contributed by atoms with Gasteiger partial charge in [0.15, 0.2) is 0 Å². The van der Waals surface area contributed by atoms with E-state index in [-0.39, 0.29) is 29.1 Å². The van der Waals surface area contributed by atoms with Gasteiger partial charge in [0.05, 0.1) is 6.54 Å². The molecular weight excluding hydrogens is 277 g/mol. The fraction of sp³-hybridized carbons (Fsp3) is 0.286. The largest absolute Gasteiger partial charge is 0.389 e. The zero-order valence-electron chi connectivity index (χ0n) is 11.3. The van der Waals surface area contributed by atoms with Gasteiger partial charge in [-0.2, -0.15) is 0 Å². The number of nitrogens with zero attached hydrogens (tertiary/aromatic N) is 2. The minimum absolute atomic E-state index is 0.0663. The topological polar surface area (TPSA) is 52.9 Å². The Morgan fingerprint density at radius 3 is 2.65 bits per heavy atom. The van der Waals surface area contributed by atoms with Crippen molar-refractivity contribution in [1.82, 2.24) is 9.13 Å². The summed E-state index contributed by atoms with van der Waals surface area (Å²) in [7, 11) is 0. The first-order valence-electron chi connectivity index (χ1n) is 6.25. The highest BCUT2D eigenvalue weighted by Gasteiger charge is 2.10. The minimum atomic E-state index is -0.380. The van der Waals surface area contributed by atoms with Crippen LogP contribution in [0.15, 0.2) is 35.4 Å². The summed E-state index contributed by atoms with van der Waals surface area (Å²) in [6, 6.07) is 4.49. The Bertz CT molecular complexity index is 703. The molecule has 0 saturated carbocycles. The molecule has 6 heteroatoms. The molecule has 0 spiro atoms. The van der Waals surface area contributed by atoms with E-state index in [0.29, 0.717) is 11.1 Å². The van der Waals surface area contributed by atoms with Crippen LogP contribution in [-0.2, 0) is 6.54 Å². The number of thiocarbonyl (C=S) groups is 1. The standard InChI is InChI=1S/C14H16FN3OS/c1-9(2)18-6-5-17(14(18)19)8-11-7-10(13(16)20)3-4-12(11)15/h3-7,9H,8H2,1-2H3,(H2,16,20). The molecule has 0 radical (unpaired) electrons. The fourth-order valence-corrected chi connectivity index (χ4v) is 2.10. The van der Waals surface area contributed by atoms with Crippen LogP contribution in [0, 0.1) is 5.82 Å². The molecule has 2 rings (SSSR count). The van der Waals surface area contributed by atoms with Crippen molar-refractivity contribution in [3.8, 4) is 0 Å². The van der Waals surface area contributed by atoms with Crippen molar-refractivity contribution in [2.45, 2.75) is 26.4 Å². The molecule has 0 aliphatic heterocycles. The van der Waals surface area contributed by atoms with Crippen molar-refractivity contribution in [2.75, 3.05) is 0 Å². The van der Waals surface area contributed by atoms with Crippen molar-refractivity contribution in [3.63, 3.8) is 0 Å². The van der Waals surface area contributed by atoms with Crippen molar-refractivity contribution < 1.29 is 4.39 Å². The lowest BCUT2D eigenvalue weighted by Gasteiger charge is -2.07. The second-order valence-electron chi connectivity index (χ2n) is 4.88. The van der Waals surface area contributed by atoms with Gasteiger partial charge in [0.1, 0.15) is 10.8 Å². The molecule has 0 fully saturated rings. The zero-order chi connectivity index (χ0) is 14.9. The van der Waals surface area contributed by atoms with Crippen molar-refractivity contribution in [1.29, 1.82) is 0 Å². The third-order valence-electron chi connectivity index (χ3n) is 3.10. The van der Waals surface area contributed by atoms with Gasteiger partial charge < -0.3 is 5.73 Å². The number of halogens is 1. The Hall–Kier alpha value is -1.95. The molecule has 0 aliphatic rings. The van der Waals surface area contributed by atoms with E-state index in [0.717, 1.165) is 0 Å². The van der Waals surface area contributed by atoms with Gasteiger partial charge in [-0.3, -0.25) is 9.13 Å². The zero-order valence-corrected chi connectivity index (χ0v) is 12.2. The Kier molecular flexibility index (Phi) is 4.04. The van der Waals surface area contributed by atoms with E-state index in [1.165, 1.54) is 16.7 Å². The summed E-state index contributed by atoms with van der Waals surface area (Å²) in [4.78, 5) is 12.3. The van der Waals surface area contributed by atoms with Gasteiger partial charge in [0.25, 0.3) is 0 Å². The smallest absolute Gasteiger partial charge is 0.328 e. The van der Waals surface area contributed by atoms with Gasteiger partial charge >= 0.3 is 5.69 Å². The van der Waals surface area contributed by atoms with Gasteiger partial charge in [-0.15, -0.1) is 0 Å². The fourth-order valence-electron chi connectivity index (χ4n) is 1.97. The molecule has 0 aliphatic carbocycles. The Morgan fingerprint density at radius 1 is 1.40 bits per heavy atom. The van der Waals surface area contributed by atoms with E-state index in [4.69, 9.17) is 18.0 Å². The number of nitrogens with two attached hydrogens (primary N) is 1. The summed E-state index contributed by atoms with van der Waals surface area (Å²) in [6.07, 6.45) is 3.34. The molecule has 2 N–H and O–H groups in total. The molecule has 1 aromatic carbocycles. The number of hydrogen-bond donors (Lipinski definition) is 1. The molecule has 0 bridgehead atoms. The predicted molar refractivity (Wildman–Crippen MR) is 80.5 cm³/mol. The van der Waals surface area contributed by atoms with Crippen LogP contribution < -0.4 is 11.4 Å². The van der Waals surface area contributed by atoms with Crippen molar-refractivity contribution in [2.24, 2.45) is 5.73 Å². The maximum absolute atomic E-state index is 13.8. The van der Waals surface area contributed by atoms with Gasteiger partial charge in [0.2, 0.25) is 0 Å². The molecule has 0 unspecified atom stereocenters. The lowest BCUT2D eigenvalue weighted by Crippen LogP contribution is -2.26. The number of hydrogen-bond acceptors (Lipinski definition) is 2. The van der Waals surface area contributed by atoms with Crippen LogP contribution in [0.1, 0.15) is 31.0 Å². The number of rotatable bonds is 4. The van der Waals surface area contributed by atoms with E-state index in [1.807, 2.05) is 13.8 Å². The second kappa shape index (κ2) is 5.58. The van der Waals surface area contributed by atoms with Crippen LogP contribution in [0.4, 0.5) is 4.39 Å². The lowest BCUT2D eigenvalue weighted by molar-refractivity contribution is 0.553. The summed E-state index contributed by atoms with van der Waals surface area (Å²) in [5, 5.41) is 0. The van der Waals surface area contributed by atoms with Crippen LogP contribution in [-0.4, -0.2) is 14.1 Å². The summed E-state index contributed by atoms with van der Waals surface area (Å²) in [5.74, 6) is -0.380. The molecule has 20 heavy (non-hydrogen) atoms. The predicted octanol–water partition coefficient (Wildman–Crippen LogP) is 2.05. The van der Waals surface area contributed by atoms with Crippen LogP contribution in [0.2, 0.25) is 0 Å². The molecular formula is C14H16FN3OS. The van der Waals surface area contributed by atoms with E-state index in [2.05, 4.69) is 0 Å². The van der Waals surface area contributed by atoms with Crippen LogP contribution in [0.5, 0.6) is 0 Å². The number of imidazole rings is 1. The summed E-state index contributed by atoms with van der Waals surface area (Å²) in [5.41, 5.74) is 6.35. The van der Waals surface area contributed by atoms with Crippen LogP contribution in [0.3, 0.4) is 0 Å². The van der Waals surface area contributed by atoms with E-state index in [1.54, 1.807) is 23.0 Å². The highest BCUT2D eigenvalue weighted by atomic mass is 32.1. The molecule has 0 atom stereocenters. The molecule has 4 nitrogen and oxygen atoms in total. The maximum atomic E-state index is 13.8. The quantitative estimate of drug-likeness (QED) is 0.878. The van der Waals surface area contributed by atoms with Crippen molar-refractivity contribution >= 4 is 17.2 Å². The first kappa shape index (κ1) is 14.5. The first-order chi connectivity index (χ1) is 9.40. The maximum Gasteiger partial charge on any atom is 0.328 e. The van der Waals surface area contributed by atoms with Gasteiger partial charge in [0, 0.05) is 29.6 Å². The highest BCUT2D eigenvalue weighted by molar-refractivity contribution is 7.80. The van der Waals surface area contributed by atoms with Crippen molar-refractivity contribution in [3.05, 3.63) is 58.0 Å². The molecule has 0 amide bonds. The normalized spacial score (nSPS) is 11.0. The monoisotopic (exact) mass is 293 g/mol. The Labute approximate surface area is 121 Å². The third kappa shape index (κ3) is 2.80. The molecule has 0 saturated heterocycles. The lowest BCUT2D eigenvalue weighted by atomic mass is 10.1. The van der Waals surface area contributed by atoms with E-state index >= 15 is 0 Å². The molecule has 1 heterocycles. The van der Waals surface area contributed by atoms with E-state index < -0.39 is 0 Å². The summed E-state index contributed by atoms with van der Waals surface area (Å²) < 4.78 is 16.9. The summed E-state index contributed by atoms with van der Waals surface area (Å²) >= 11 is 4.88. The molecule has 2 aromatic rings. The van der Waals surface area contributed by atoms with Gasteiger partial charge in [-0.25, -0.2) is 9.18 Å². The van der Waals surface area contributed by atoms with E-state index in [9.17, 15) is 9.18 Å². The highest BCUT2D eigenvalue weighted by Crippen LogP contribution is 2.12. The van der Waals surface area contributed by atoms with Gasteiger partial charge in [-0.05, 0) is 32.0 Å². The molecule has 1 aromatic heterocycles. The van der Waals surface area contributed by atoms with Crippen LogP contribution >= 0.6 is 12.2 Å². The number of aromatic nitrogens is 2. The first-order valence-corrected chi connectivity index (χ1v) is 6.66. The minimum Gasteiger partial charge on any atom is -0.389 e. The SMILES string of the molecule is CC(C)n1ccn(Cc2cc(C(N)=S)ccc2F)c1=O. The molecule has 106 valence electrons. The summed E-state index contributed by atoms with van der Waals surface area (Å²) in [6.45, 7) is 3.99. The average Bonchev–Trinajstić information content (AvgIpc) is 2.73. The third-order valence-corrected chi connectivity index (χ3v) is 3.34. The Balaban J connectivity index is 2.37. The Morgan fingerprint density at radius 2 is 2.10 bits per heavy atom. The van der Waals surface area contributed by atoms with Crippen LogP contribution in [0.25, 0.3) is 0 Å². The number of benzene rings is 1.